The highest BCUT2D eigenvalue weighted by Crippen LogP contribution is 2.36. The van der Waals surface area contributed by atoms with Gasteiger partial charge in [0.1, 0.15) is 6.10 Å². The number of nitrogens with zero attached hydrogens (tertiary/aromatic N) is 1. The van der Waals surface area contributed by atoms with E-state index in [2.05, 4.69) is 36.3 Å². The molecule has 0 bridgehead atoms. The van der Waals surface area contributed by atoms with Crippen LogP contribution in [0.1, 0.15) is 33.9 Å². The third-order valence-corrected chi connectivity index (χ3v) is 3.44. The Bertz CT molecular complexity index is 617. The lowest BCUT2D eigenvalue weighted by Crippen LogP contribution is -1.98. The quantitative estimate of drug-likeness (QED) is 0.506. The van der Waals surface area contributed by atoms with Crippen LogP contribution in [0, 0.1) is 6.92 Å². The number of hydrogen-bond donors (Lipinski definition) is 1. The van der Waals surface area contributed by atoms with Crippen molar-refractivity contribution in [2.75, 3.05) is 0 Å². The van der Waals surface area contributed by atoms with Crippen molar-refractivity contribution in [3.8, 4) is 0 Å². The van der Waals surface area contributed by atoms with Crippen LogP contribution in [-0.4, -0.2) is 11.4 Å². The fourth-order valence-electron chi connectivity index (χ4n) is 2.43. The summed E-state index contributed by atoms with van der Waals surface area (Å²) in [6.07, 6.45) is 1.44. The Morgan fingerprint density at radius 3 is 2.74 bits per heavy atom. The van der Waals surface area contributed by atoms with Crippen LogP contribution in [0.3, 0.4) is 0 Å². The molecule has 1 aliphatic rings. The van der Waals surface area contributed by atoms with E-state index in [4.69, 9.17) is 9.94 Å². The van der Waals surface area contributed by atoms with Gasteiger partial charge in [-0.05, 0) is 35.2 Å². The van der Waals surface area contributed by atoms with E-state index in [1.54, 1.807) is 0 Å². The number of hydrogen-bond acceptors (Lipinski definition) is 3. The lowest BCUT2D eigenvalue weighted by Gasteiger charge is -2.12. The molecule has 96 valence electrons. The number of ether oxygens (including phenoxy) is 1. The molecule has 2 aromatic rings. The summed E-state index contributed by atoms with van der Waals surface area (Å²) in [5.74, 6) is 0. The zero-order chi connectivity index (χ0) is 13.2. The van der Waals surface area contributed by atoms with Crippen molar-refractivity contribution in [1.29, 1.82) is 0 Å². The maximum Gasteiger partial charge on any atom is 0.108 e. The fraction of sp³-hybridized carbons (Fsp3) is 0.188. The van der Waals surface area contributed by atoms with Gasteiger partial charge >= 0.3 is 0 Å². The van der Waals surface area contributed by atoms with E-state index in [9.17, 15) is 0 Å². The molecule has 0 radical (unpaired) electrons. The van der Waals surface area contributed by atoms with Gasteiger partial charge in [-0.3, -0.25) is 0 Å². The van der Waals surface area contributed by atoms with Crippen molar-refractivity contribution in [2.45, 2.75) is 19.6 Å². The molecule has 0 amide bonds. The Labute approximate surface area is 112 Å². The van der Waals surface area contributed by atoms with Gasteiger partial charge in [0.05, 0.1) is 12.8 Å². The third kappa shape index (κ3) is 2.25. The van der Waals surface area contributed by atoms with Gasteiger partial charge in [-0.1, -0.05) is 47.1 Å². The van der Waals surface area contributed by atoms with E-state index in [-0.39, 0.29) is 6.10 Å². The Hall–Kier alpha value is -2.13. The summed E-state index contributed by atoms with van der Waals surface area (Å²) in [7, 11) is 0. The van der Waals surface area contributed by atoms with Crippen LogP contribution < -0.4 is 0 Å². The lowest BCUT2D eigenvalue weighted by molar-refractivity contribution is 0.0939. The van der Waals surface area contributed by atoms with Gasteiger partial charge in [-0.2, -0.15) is 0 Å². The molecule has 19 heavy (non-hydrogen) atoms. The first-order chi connectivity index (χ1) is 9.28. The second kappa shape index (κ2) is 4.86. The summed E-state index contributed by atoms with van der Waals surface area (Å²) in [6.45, 7) is 2.68. The minimum atomic E-state index is 0.00992. The van der Waals surface area contributed by atoms with Gasteiger partial charge in [-0.15, -0.1) is 0 Å². The Morgan fingerprint density at radius 2 is 2.00 bits per heavy atom. The van der Waals surface area contributed by atoms with Crippen LogP contribution in [0.5, 0.6) is 0 Å². The van der Waals surface area contributed by atoms with E-state index >= 15 is 0 Å². The molecule has 0 fully saturated rings. The van der Waals surface area contributed by atoms with Crippen LogP contribution in [-0.2, 0) is 11.3 Å². The van der Waals surface area contributed by atoms with Gasteiger partial charge in [-0.25, -0.2) is 0 Å². The molecule has 0 aliphatic carbocycles. The molecule has 2 aromatic carbocycles. The third-order valence-electron chi connectivity index (χ3n) is 3.44. The monoisotopic (exact) mass is 253 g/mol. The van der Waals surface area contributed by atoms with Crippen molar-refractivity contribution in [3.63, 3.8) is 0 Å². The summed E-state index contributed by atoms with van der Waals surface area (Å²) in [4.78, 5) is 0. The number of benzene rings is 2. The molecule has 1 aliphatic heterocycles. The number of rotatable bonds is 2. The zero-order valence-electron chi connectivity index (χ0n) is 10.7. The molecule has 0 saturated carbocycles. The van der Waals surface area contributed by atoms with Gasteiger partial charge in [0, 0.05) is 0 Å². The standard InChI is InChI=1S/C16H15NO2/c1-11-2-5-13(6-3-11)16-15-7-4-12(9-17-18)8-14(15)10-19-16/h2-9,16,18H,10H2,1H3. The highest BCUT2D eigenvalue weighted by Gasteiger charge is 2.24. The van der Waals surface area contributed by atoms with Crippen molar-refractivity contribution < 1.29 is 9.94 Å². The molecule has 3 rings (SSSR count). The molecule has 0 saturated heterocycles. The van der Waals surface area contributed by atoms with Crippen LogP contribution in [0.15, 0.2) is 47.6 Å². The summed E-state index contributed by atoms with van der Waals surface area (Å²) < 4.78 is 5.88. The zero-order valence-corrected chi connectivity index (χ0v) is 10.7. The molecule has 1 unspecified atom stereocenters. The number of aryl methyl sites for hydroxylation is 1. The predicted octanol–water partition coefficient (Wildman–Crippen LogP) is 3.42. The van der Waals surface area contributed by atoms with E-state index in [1.165, 1.54) is 22.9 Å². The first-order valence-electron chi connectivity index (χ1n) is 6.26. The molecule has 0 spiro atoms. The molecular weight excluding hydrogens is 238 g/mol. The topological polar surface area (TPSA) is 41.8 Å². The first kappa shape index (κ1) is 11.9. The molecule has 1 N–H and O–H groups in total. The molecule has 3 heteroatoms. The Kier molecular flexibility index (Phi) is 3.05. The summed E-state index contributed by atoms with van der Waals surface area (Å²) in [5, 5.41) is 11.6. The highest BCUT2D eigenvalue weighted by molar-refractivity contribution is 5.79. The summed E-state index contributed by atoms with van der Waals surface area (Å²) >= 11 is 0. The molecular formula is C16H15NO2. The number of fused-ring (bicyclic) bond motifs is 1. The lowest BCUT2D eigenvalue weighted by atomic mass is 9.97. The number of oxime groups is 1. The highest BCUT2D eigenvalue weighted by atomic mass is 16.5. The molecule has 1 atom stereocenters. The average Bonchev–Trinajstić information content (AvgIpc) is 2.83. The van der Waals surface area contributed by atoms with Crippen molar-refractivity contribution in [2.24, 2.45) is 5.16 Å². The van der Waals surface area contributed by atoms with Crippen LogP contribution >= 0.6 is 0 Å². The Morgan fingerprint density at radius 1 is 1.21 bits per heavy atom. The van der Waals surface area contributed by atoms with Crippen molar-refractivity contribution in [3.05, 3.63) is 70.3 Å². The van der Waals surface area contributed by atoms with Gasteiger partial charge in [0.15, 0.2) is 0 Å². The van der Waals surface area contributed by atoms with E-state index in [0.717, 1.165) is 11.1 Å². The van der Waals surface area contributed by atoms with E-state index in [1.807, 2.05) is 18.2 Å². The first-order valence-corrected chi connectivity index (χ1v) is 6.26. The second-order valence-electron chi connectivity index (χ2n) is 4.80. The Balaban J connectivity index is 1.96. The smallest absolute Gasteiger partial charge is 0.108 e. The van der Waals surface area contributed by atoms with Gasteiger partial charge in [0.25, 0.3) is 0 Å². The van der Waals surface area contributed by atoms with E-state index in [0.29, 0.717) is 6.61 Å². The fourth-order valence-corrected chi connectivity index (χ4v) is 2.43. The second-order valence-corrected chi connectivity index (χ2v) is 4.80. The van der Waals surface area contributed by atoms with Crippen LogP contribution in [0.25, 0.3) is 0 Å². The molecule has 3 nitrogen and oxygen atoms in total. The maximum atomic E-state index is 8.56. The van der Waals surface area contributed by atoms with E-state index < -0.39 is 0 Å². The minimum Gasteiger partial charge on any atom is -0.411 e. The molecule has 0 aromatic heterocycles. The largest absolute Gasteiger partial charge is 0.411 e. The van der Waals surface area contributed by atoms with Gasteiger partial charge in [0.2, 0.25) is 0 Å². The SMILES string of the molecule is Cc1ccc(C2OCc3cc(C=NO)ccc32)cc1. The van der Waals surface area contributed by atoms with Crippen LogP contribution in [0.2, 0.25) is 0 Å². The predicted molar refractivity (Wildman–Crippen MR) is 73.6 cm³/mol. The summed E-state index contributed by atoms with van der Waals surface area (Å²) in [6, 6.07) is 14.4. The van der Waals surface area contributed by atoms with Gasteiger partial charge < -0.3 is 9.94 Å². The average molecular weight is 253 g/mol. The van der Waals surface area contributed by atoms with Crippen molar-refractivity contribution in [1.82, 2.24) is 0 Å². The normalized spacial score (nSPS) is 17.8. The van der Waals surface area contributed by atoms with Crippen LogP contribution in [0.4, 0.5) is 0 Å². The maximum absolute atomic E-state index is 8.56. The minimum absolute atomic E-state index is 0.00992. The molecule has 1 heterocycles. The van der Waals surface area contributed by atoms with Crippen molar-refractivity contribution >= 4 is 6.21 Å². The summed E-state index contributed by atoms with van der Waals surface area (Å²) in [5.41, 5.74) is 5.65.